The van der Waals surface area contributed by atoms with Gasteiger partial charge < -0.3 is 19.9 Å². The Kier molecular flexibility index (Phi) is 6.71. The molecule has 0 bridgehead atoms. The Balaban J connectivity index is 1.30. The van der Waals surface area contributed by atoms with Crippen molar-refractivity contribution < 1.29 is 14.7 Å². The van der Waals surface area contributed by atoms with Crippen molar-refractivity contribution in [3.8, 4) is 5.75 Å². The van der Waals surface area contributed by atoms with Crippen LogP contribution in [0.5, 0.6) is 5.75 Å². The number of para-hydroxylation sites is 2. The van der Waals surface area contributed by atoms with Crippen LogP contribution in [0.4, 0.5) is 0 Å². The second-order valence-electron chi connectivity index (χ2n) is 9.43. The van der Waals surface area contributed by atoms with Crippen LogP contribution in [-0.2, 0) is 29.5 Å². The van der Waals surface area contributed by atoms with Crippen LogP contribution in [0.15, 0.2) is 78.9 Å². The Hall–Kier alpha value is -4.13. The lowest BCUT2D eigenvalue weighted by molar-refractivity contribution is -0.129. The molecule has 3 aromatic carbocycles. The fourth-order valence-corrected chi connectivity index (χ4v) is 4.91. The smallest absolute Gasteiger partial charge is 0.226 e. The number of carbonyl (C=O) groups is 2. The van der Waals surface area contributed by atoms with Gasteiger partial charge in [-0.05, 0) is 48.2 Å². The molecule has 2 amide bonds. The number of aromatic nitrogens is 2. The molecule has 36 heavy (non-hydrogen) atoms. The van der Waals surface area contributed by atoms with Crippen molar-refractivity contribution >= 4 is 22.8 Å². The predicted molar refractivity (Wildman–Crippen MR) is 138 cm³/mol. The molecule has 0 radical (unpaired) electrons. The molecular weight excluding hydrogens is 452 g/mol. The SMILES string of the molecule is Cn1c(C(Cc2ccccc2)NC(=O)C2CC(=O)N(CCc3ccc(O)cc3)C2)nc2ccccc21. The summed E-state index contributed by atoms with van der Waals surface area (Å²) in [7, 11) is 1.97. The van der Waals surface area contributed by atoms with Crippen molar-refractivity contribution in [2.45, 2.75) is 25.3 Å². The highest BCUT2D eigenvalue weighted by atomic mass is 16.3. The summed E-state index contributed by atoms with van der Waals surface area (Å²) in [6.45, 7) is 0.953. The van der Waals surface area contributed by atoms with E-state index >= 15 is 0 Å². The van der Waals surface area contributed by atoms with Crippen molar-refractivity contribution in [1.82, 2.24) is 19.8 Å². The maximum absolute atomic E-state index is 13.4. The standard InChI is InChI=1S/C29H30N4O3/c1-32-26-10-6-5-9-24(26)30-28(32)25(17-21-7-3-2-4-8-21)31-29(36)22-18-27(35)33(19-22)16-15-20-11-13-23(34)14-12-20/h2-14,22,25,34H,15-19H2,1H3,(H,31,36). The average molecular weight is 483 g/mol. The van der Waals surface area contributed by atoms with Gasteiger partial charge in [0.2, 0.25) is 11.8 Å². The van der Waals surface area contributed by atoms with Gasteiger partial charge >= 0.3 is 0 Å². The summed E-state index contributed by atoms with van der Waals surface area (Å²) in [4.78, 5) is 32.7. The molecule has 0 aliphatic carbocycles. The Morgan fingerprint density at radius 3 is 2.50 bits per heavy atom. The van der Waals surface area contributed by atoms with Crippen LogP contribution in [0.1, 0.15) is 29.4 Å². The number of benzene rings is 3. The molecule has 5 rings (SSSR count). The highest BCUT2D eigenvalue weighted by Gasteiger charge is 2.35. The monoisotopic (exact) mass is 482 g/mol. The summed E-state index contributed by atoms with van der Waals surface area (Å²) in [6, 6.07) is 24.7. The van der Waals surface area contributed by atoms with E-state index in [9.17, 15) is 14.7 Å². The predicted octanol–water partition coefficient (Wildman–Crippen LogP) is 3.77. The number of phenolic OH excluding ortho intramolecular Hbond substituents is 1. The van der Waals surface area contributed by atoms with Gasteiger partial charge in [0.25, 0.3) is 0 Å². The highest BCUT2D eigenvalue weighted by molar-refractivity contribution is 5.89. The van der Waals surface area contributed by atoms with Gasteiger partial charge in [0.1, 0.15) is 11.6 Å². The van der Waals surface area contributed by atoms with Crippen molar-refractivity contribution in [2.24, 2.45) is 13.0 Å². The van der Waals surface area contributed by atoms with Crippen LogP contribution in [0.3, 0.4) is 0 Å². The molecule has 7 nitrogen and oxygen atoms in total. The summed E-state index contributed by atoms with van der Waals surface area (Å²) in [6.07, 6.45) is 1.49. The molecule has 0 saturated carbocycles. The third-order valence-corrected chi connectivity index (χ3v) is 6.92. The quantitative estimate of drug-likeness (QED) is 0.400. The molecule has 1 aliphatic rings. The molecule has 1 saturated heterocycles. The van der Waals surface area contributed by atoms with E-state index in [0.717, 1.165) is 28.0 Å². The molecule has 1 aromatic heterocycles. The number of aryl methyl sites for hydroxylation is 1. The third-order valence-electron chi connectivity index (χ3n) is 6.92. The maximum atomic E-state index is 13.4. The van der Waals surface area contributed by atoms with Crippen LogP contribution in [-0.4, -0.2) is 44.5 Å². The molecule has 2 heterocycles. The lowest BCUT2D eigenvalue weighted by Gasteiger charge is -2.21. The van der Waals surface area contributed by atoms with Gasteiger partial charge in [-0.1, -0.05) is 54.6 Å². The highest BCUT2D eigenvalue weighted by Crippen LogP contribution is 2.25. The first-order valence-corrected chi connectivity index (χ1v) is 12.3. The lowest BCUT2D eigenvalue weighted by atomic mass is 10.0. The van der Waals surface area contributed by atoms with Gasteiger partial charge in [-0.3, -0.25) is 9.59 Å². The van der Waals surface area contributed by atoms with E-state index in [-0.39, 0.29) is 30.0 Å². The zero-order valence-electron chi connectivity index (χ0n) is 20.3. The maximum Gasteiger partial charge on any atom is 0.226 e. The third kappa shape index (κ3) is 5.10. The molecule has 184 valence electrons. The van der Waals surface area contributed by atoms with E-state index in [0.29, 0.717) is 25.9 Å². The average Bonchev–Trinajstić information content (AvgIpc) is 3.43. The van der Waals surface area contributed by atoms with Gasteiger partial charge in [-0.25, -0.2) is 4.98 Å². The van der Waals surface area contributed by atoms with E-state index in [1.807, 2.05) is 78.3 Å². The first-order valence-electron chi connectivity index (χ1n) is 12.3. The molecule has 4 aromatic rings. The van der Waals surface area contributed by atoms with Crippen molar-refractivity contribution in [2.75, 3.05) is 13.1 Å². The second kappa shape index (κ2) is 10.2. The Bertz CT molecular complexity index is 1360. The second-order valence-corrected chi connectivity index (χ2v) is 9.43. The molecule has 2 N–H and O–H groups in total. The van der Waals surface area contributed by atoms with E-state index in [1.54, 1.807) is 17.0 Å². The number of aromatic hydroxyl groups is 1. The number of nitrogens with one attached hydrogen (secondary N) is 1. The van der Waals surface area contributed by atoms with Crippen LogP contribution >= 0.6 is 0 Å². The summed E-state index contributed by atoms with van der Waals surface area (Å²) in [5.74, 6) is 0.491. The molecule has 2 atom stereocenters. The largest absolute Gasteiger partial charge is 0.508 e. The zero-order valence-corrected chi connectivity index (χ0v) is 20.3. The Morgan fingerprint density at radius 2 is 1.75 bits per heavy atom. The fraction of sp³-hybridized carbons (Fsp3) is 0.276. The van der Waals surface area contributed by atoms with Crippen molar-refractivity contribution in [3.05, 3.63) is 95.8 Å². The van der Waals surface area contributed by atoms with E-state index in [4.69, 9.17) is 4.98 Å². The van der Waals surface area contributed by atoms with Crippen LogP contribution in [0.25, 0.3) is 11.0 Å². The molecule has 0 spiro atoms. The molecule has 1 fully saturated rings. The van der Waals surface area contributed by atoms with Crippen molar-refractivity contribution in [1.29, 1.82) is 0 Å². The number of nitrogens with zero attached hydrogens (tertiary/aromatic N) is 3. The Labute approximate surface area is 210 Å². The van der Waals surface area contributed by atoms with Gasteiger partial charge in [-0.2, -0.15) is 0 Å². The minimum atomic E-state index is -0.398. The van der Waals surface area contributed by atoms with Gasteiger partial charge in [-0.15, -0.1) is 0 Å². The van der Waals surface area contributed by atoms with E-state index < -0.39 is 5.92 Å². The van der Waals surface area contributed by atoms with Gasteiger partial charge in [0.15, 0.2) is 0 Å². The number of fused-ring (bicyclic) bond motifs is 1. The minimum absolute atomic E-state index is 0.00346. The van der Waals surface area contributed by atoms with E-state index in [1.165, 1.54) is 0 Å². The Morgan fingerprint density at radius 1 is 1.03 bits per heavy atom. The molecular formula is C29H30N4O3. The summed E-state index contributed by atoms with van der Waals surface area (Å²) in [5.41, 5.74) is 4.04. The molecule has 1 aliphatic heterocycles. The first kappa shape index (κ1) is 23.6. The van der Waals surface area contributed by atoms with Gasteiger partial charge in [0, 0.05) is 26.6 Å². The topological polar surface area (TPSA) is 87.5 Å². The number of carbonyl (C=O) groups excluding carboxylic acids is 2. The number of imidazole rings is 1. The van der Waals surface area contributed by atoms with E-state index in [2.05, 4.69) is 5.32 Å². The number of phenols is 1. The van der Waals surface area contributed by atoms with Crippen LogP contribution < -0.4 is 5.32 Å². The minimum Gasteiger partial charge on any atom is -0.508 e. The first-order chi connectivity index (χ1) is 17.5. The van der Waals surface area contributed by atoms with Crippen molar-refractivity contribution in [3.63, 3.8) is 0 Å². The number of amides is 2. The lowest BCUT2D eigenvalue weighted by Crippen LogP contribution is -2.37. The van der Waals surface area contributed by atoms with Crippen LogP contribution in [0, 0.1) is 5.92 Å². The molecule has 7 heteroatoms. The summed E-state index contributed by atoms with van der Waals surface area (Å²) < 4.78 is 2.03. The summed E-state index contributed by atoms with van der Waals surface area (Å²) in [5, 5.41) is 12.7. The van der Waals surface area contributed by atoms with Gasteiger partial charge in [0.05, 0.1) is 23.0 Å². The van der Waals surface area contributed by atoms with Crippen LogP contribution in [0.2, 0.25) is 0 Å². The number of likely N-dealkylation sites (tertiary alicyclic amines) is 1. The fourth-order valence-electron chi connectivity index (χ4n) is 4.91. The zero-order chi connectivity index (χ0) is 25.1. The normalized spacial score (nSPS) is 16.4. The molecule has 2 unspecified atom stereocenters. The number of rotatable bonds is 8. The number of hydrogen-bond acceptors (Lipinski definition) is 4. The number of hydrogen-bond donors (Lipinski definition) is 2. The summed E-state index contributed by atoms with van der Waals surface area (Å²) >= 11 is 0.